The van der Waals surface area contributed by atoms with Crippen LogP contribution in [0.25, 0.3) is 0 Å². The highest BCUT2D eigenvalue weighted by Gasteiger charge is 2.14. The number of rotatable bonds is 4. The minimum Gasteiger partial charge on any atom is -0.344 e. The van der Waals surface area contributed by atoms with Gasteiger partial charge in [-0.25, -0.2) is 0 Å². The average Bonchev–Trinajstić information content (AvgIpc) is 2.48. The number of pyridine rings is 2. The van der Waals surface area contributed by atoms with E-state index in [9.17, 15) is 4.79 Å². The van der Waals surface area contributed by atoms with Crippen molar-refractivity contribution in [3.63, 3.8) is 0 Å². The van der Waals surface area contributed by atoms with E-state index in [1.54, 1.807) is 18.5 Å². The molecule has 0 fully saturated rings. The van der Waals surface area contributed by atoms with Gasteiger partial charge in [0.1, 0.15) is 0 Å². The van der Waals surface area contributed by atoms with E-state index in [1.807, 2.05) is 25.1 Å². The lowest BCUT2D eigenvalue weighted by atomic mass is 10.1. The van der Waals surface area contributed by atoms with Crippen LogP contribution >= 0.6 is 0 Å². The Morgan fingerprint density at radius 2 is 2.16 bits per heavy atom. The molecular formula is C13H15N5O. The average molecular weight is 257 g/mol. The Kier molecular flexibility index (Phi) is 4.04. The van der Waals surface area contributed by atoms with Gasteiger partial charge in [-0.3, -0.25) is 20.6 Å². The minimum atomic E-state index is -0.228. The third-order valence-electron chi connectivity index (χ3n) is 2.70. The zero-order chi connectivity index (χ0) is 13.7. The molecular weight excluding hydrogens is 242 g/mol. The van der Waals surface area contributed by atoms with Gasteiger partial charge in [0.25, 0.3) is 5.91 Å². The van der Waals surface area contributed by atoms with Gasteiger partial charge in [0, 0.05) is 12.4 Å². The summed E-state index contributed by atoms with van der Waals surface area (Å²) in [6.45, 7) is 1.87. The molecule has 0 aromatic carbocycles. The SMILES string of the molecule is CC(NC(=O)c1ccncc1NN)c1ccccn1. The second kappa shape index (κ2) is 5.92. The van der Waals surface area contributed by atoms with E-state index in [0.29, 0.717) is 11.3 Å². The third-order valence-corrected chi connectivity index (χ3v) is 2.70. The number of nitrogens with two attached hydrogens (primary N) is 1. The number of carbonyl (C=O) groups excluding carboxylic acids is 1. The maximum absolute atomic E-state index is 12.1. The number of aromatic nitrogens is 2. The van der Waals surface area contributed by atoms with Gasteiger partial charge < -0.3 is 10.7 Å². The lowest BCUT2D eigenvalue weighted by Gasteiger charge is -2.14. The molecule has 98 valence electrons. The van der Waals surface area contributed by atoms with E-state index in [0.717, 1.165) is 5.69 Å². The molecule has 0 saturated heterocycles. The van der Waals surface area contributed by atoms with E-state index in [4.69, 9.17) is 5.84 Å². The lowest BCUT2D eigenvalue weighted by Crippen LogP contribution is -2.28. The van der Waals surface area contributed by atoms with Crippen molar-refractivity contribution < 1.29 is 4.79 Å². The third kappa shape index (κ3) is 3.05. The second-order valence-corrected chi connectivity index (χ2v) is 4.02. The number of nitrogens with one attached hydrogen (secondary N) is 2. The first kappa shape index (κ1) is 13.0. The predicted molar refractivity (Wildman–Crippen MR) is 72.2 cm³/mol. The van der Waals surface area contributed by atoms with Crippen LogP contribution in [0.3, 0.4) is 0 Å². The van der Waals surface area contributed by atoms with E-state index < -0.39 is 0 Å². The molecule has 1 unspecified atom stereocenters. The van der Waals surface area contributed by atoms with Crippen molar-refractivity contribution in [2.24, 2.45) is 5.84 Å². The summed E-state index contributed by atoms with van der Waals surface area (Å²) in [4.78, 5) is 20.2. The van der Waals surface area contributed by atoms with Crippen LogP contribution in [0.5, 0.6) is 0 Å². The zero-order valence-corrected chi connectivity index (χ0v) is 10.5. The molecule has 19 heavy (non-hydrogen) atoms. The van der Waals surface area contributed by atoms with Crippen molar-refractivity contribution in [3.05, 3.63) is 54.1 Å². The Hall–Kier alpha value is -2.47. The van der Waals surface area contributed by atoms with Crippen LogP contribution in [0.15, 0.2) is 42.9 Å². The van der Waals surface area contributed by atoms with Crippen LogP contribution in [-0.2, 0) is 0 Å². The molecule has 2 heterocycles. The first-order chi connectivity index (χ1) is 9.22. The van der Waals surface area contributed by atoms with Crippen molar-refractivity contribution in [1.29, 1.82) is 0 Å². The summed E-state index contributed by atoms with van der Waals surface area (Å²) in [7, 11) is 0. The van der Waals surface area contributed by atoms with E-state index in [1.165, 1.54) is 6.20 Å². The molecule has 0 saturated carbocycles. The molecule has 1 amide bonds. The van der Waals surface area contributed by atoms with Gasteiger partial charge in [-0.1, -0.05) is 6.07 Å². The topological polar surface area (TPSA) is 92.9 Å². The smallest absolute Gasteiger partial charge is 0.254 e. The monoisotopic (exact) mass is 257 g/mol. The molecule has 2 aromatic rings. The number of hydrazine groups is 1. The summed E-state index contributed by atoms with van der Waals surface area (Å²) >= 11 is 0. The molecule has 0 aliphatic rings. The Morgan fingerprint density at radius 3 is 2.84 bits per heavy atom. The predicted octanol–water partition coefficient (Wildman–Crippen LogP) is 1.25. The fourth-order valence-corrected chi connectivity index (χ4v) is 1.69. The summed E-state index contributed by atoms with van der Waals surface area (Å²) in [5.41, 5.74) is 4.17. The Bertz CT molecular complexity index is 558. The van der Waals surface area contributed by atoms with Crippen LogP contribution < -0.4 is 16.6 Å². The highest BCUT2D eigenvalue weighted by molar-refractivity contribution is 5.99. The number of carbonyl (C=O) groups is 1. The second-order valence-electron chi connectivity index (χ2n) is 4.02. The van der Waals surface area contributed by atoms with Gasteiger partial charge in [0.15, 0.2) is 0 Å². The van der Waals surface area contributed by atoms with E-state index >= 15 is 0 Å². The molecule has 6 nitrogen and oxygen atoms in total. The number of amides is 1. The quantitative estimate of drug-likeness (QED) is 0.566. The molecule has 6 heteroatoms. The molecule has 4 N–H and O–H groups in total. The van der Waals surface area contributed by atoms with Gasteiger partial charge in [-0.05, 0) is 25.1 Å². The van der Waals surface area contributed by atoms with Crippen LogP contribution in [-0.4, -0.2) is 15.9 Å². The van der Waals surface area contributed by atoms with Crippen LogP contribution in [0, 0.1) is 0 Å². The van der Waals surface area contributed by atoms with Gasteiger partial charge >= 0.3 is 0 Å². The van der Waals surface area contributed by atoms with Gasteiger partial charge in [-0.2, -0.15) is 0 Å². The molecule has 0 aliphatic carbocycles. The molecule has 2 rings (SSSR count). The van der Waals surface area contributed by atoms with Crippen LogP contribution in [0.1, 0.15) is 29.0 Å². The minimum absolute atomic E-state index is 0.188. The Morgan fingerprint density at radius 1 is 1.32 bits per heavy atom. The van der Waals surface area contributed by atoms with E-state index in [2.05, 4.69) is 20.7 Å². The summed E-state index contributed by atoms with van der Waals surface area (Å²) in [5.74, 6) is 5.12. The Balaban J connectivity index is 2.13. The maximum atomic E-state index is 12.1. The van der Waals surface area contributed by atoms with Gasteiger partial charge in [0.2, 0.25) is 0 Å². The van der Waals surface area contributed by atoms with Crippen molar-refractivity contribution in [2.75, 3.05) is 5.43 Å². The standard InChI is InChI=1S/C13H15N5O/c1-9(11-4-2-3-6-16-11)17-13(19)10-5-7-15-8-12(10)18-14/h2-9,18H,14H2,1H3,(H,17,19). The largest absolute Gasteiger partial charge is 0.344 e. The summed E-state index contributed by atoms with van der Waals surface area (Å²) in [6.07, 6.45) is 4.73. The van der Waals surface area contributed by atoms with E-state index in [-0.39, 0.29) is 11.9 Å². The molecule has 0 spiro atoms. The highest BCUT2D eigenvalue weighted by Crippen LogP contribution is 2.14. The van der Waals surface area contributed by atoms with Crippen molar-refractivity contribution in [2.45, 2.75) is 13.0 Å². The van der Waals surface area contributed by atoms with Crippen LogP contribution in [0.2, 0.25) is 0 Å². The Labute approximate surface area is 111 Å². The number of nitrogen functional groups attached to an aromatic ring is 1. The molecule has 2 aromatic heterocycles. The van der Waals surface area contributed by atoms with Crippen molar-refractivity contribution >= 4 is 11.6 Å². The van der Waals surface area contributed by atoms with Gasteiger partial charge in [-0.15, -0.1) is 0 Å². The first-order valence-electron chi connectivity index (χ1n) is 5.85. The van der Waals surface area contributed by atoms with Gasteiger partial charge in [0.05, 0.1) is 29.2 Å². The molecule has 1 atom stereocenters. The fourth-order valence-electron chi connectivity index (χ4n) is 1.69. The molecule has 0 aliphatic heterocycles. The summed E-state index contributed by atoms with van der Waals surface area (Å²) < 4.78 is 0. The number of hydrogen-bond acceptors (Lipinski definition) is 5. The molecule has 0 radical (unpaired) electrons. The van der Waals surface area contributed by atoms with Crippen molar-refractivity contribution in [3.8, 4) is 0 Å². The number of hydrogen-bond donors (Lipinski definition) is 3. The summed E-state index contributed by atoms with van der Waals surface area (Å²) in [6, 6.07) is 6.99. The van der Waals surface area contributed by atoms with Crippen LogP contribution in [0.4, 0.5) is 5.69 Å². The highest BCUT2D eigenvalue weighted by atomic mass is 16.1. The van der Waals surface area contributed by atoms with Crippen molar-refractivity contribution in [1.82, 2.24) is 15.3 Å². The normalized spacial score (nSPS) is 11.7. The summed E-state index contributed by atoms with van der Waals surface area (Å²) in [5, 5.41) is 2.86. The fraction of sp³-hybridized carbons (Fsp3) is 0.154. The maximum Gasteiger partial charge on any atom is 0.254 e. The lowest BCUT2D eigenvalue weighted by molar-refractivity contribution is 0.0940. The molecule has 0 bridgehead atoms. The first-order valence-corrected chi connectivity index (χ1v) is 5.85. The number of anilines is 1. The zero-order valence-electron chi connectivity index (χ0n) is 10.5. The number of nitrogens with zero attached hydrogens (tertiary/aromatic N) is 2.